The molecule has 5 nitrogen and oxygen atoms in total. The Balaban J connectivity index is 2.04. The SMILES string of the molecule is N=Cc1c(NC2CCCCO2)cc(Cl)c(C2(F)CC2)c1B(O)O. The Kier molecular flexibility index (Phi) is 4.64. The zero-order valence-corrected chi connectivity index (χ0v) is 13.4. The van der Waals surface area contributed by atoms with Crippen LogP contribution in [0.5, 0.6) is 0 Å². The van der Waals surface area contributed by atoms with E-state index in [0.29, 0.717) is 25.1 Å². The van der Waals surface area contributed by atoms with Gasteiger partial charge in [-0.1, -0.05) is 11.6 Å². The number of ether oxygens (including phenoxy) is 1. The van der Waals surface area contributed by atoms with Crippen molar-refractivity contribution in [2.24, 2.45) is 0 Å². The zero-order valence-electron chi connectivity index (χ0n) is 12.6. The highest BCUT2D eigenvalue weighted by molar-refractivity contribution is 6.61. The first-order valence-electron chi connectivity index (χ1n) is 7.77. The Morgan fingerprint density at radius 3 is 2.70 bits per heavy atom. The molecule has 124 valence electrons. The Hall–Kier alpha value is -1.15. The van der Waals surface area contributed by atoms with E-state index in [0.717, 1.165) is 25.5 Å². The fourth-order valence-corrected chi connectivity index (χ4v) is 3.45. The van der Waals surface area contributed by atoms with Crippen molar-refractivity contribution in [2.45, 2.75) is 44.0 Å². The van der Waals surface area contributed by atoms with E-state index in [-0.39, 0.29) is 27.8 Å². The molecule has 1 aromatic carbocycles. The van der Waals surface area contributed by atoms with Crippen molar-refractivity contribution in [2.75, 3.05) is 11.9 Å². The molecular formula is C15H19BClFN2O3. The van der Waals surface area contributed by atoms with E-state index in [4.69, 9.17) is 21.7 Å². The third-order valence-corrected chi connectivity index (χ3v) is 4.69. The third kappa shape index (κ3) is 3.24. The summed E-state index contributed by atoms with van der Waals surface area (Å²) in [6, 6.07) is 1.54. The van der Waals surface area contributed by atoms with Gasteiger partial charge in [-0.2, -0.15) is 0 Å². The number of anilines is 1. The second-order valence-corrected chi connectivity index (χ2v) is 6.50. The Bertz CT molecular complexity index is 619. The van der Waals surface area contributed by atoms with Crippen LogP contribution in [0.2, 0.25) is 5.02 Å². The molecule has 2 aliphatic rings. The minimum Gasteiger partial charge on any atom is -0.423 e. The molecule has 3 rings (SSSR count). The van der Waals surface area contributed by atoms with Crippen molar-refractivity contribution >= 4 is 36.1 Å². The van der Waals surface area contributed by atoms with Crippen LogP contribution in [0.1, 0.15) is 43.2 Å². The monoisotopic (exact) mass is 340 g/mol. The van der Waals surface area contributed by atoms with Crippen molar-refractivity contribution in [1.29, 1.82) is 5.41 Å². The first kappa shape index (κ1) is 16.7. The van der Waals surface area contributed by atoms with Crippen LogP contribution in [0.15, 0.2) is 6.07 Å². The van der Waals surface area contributed by atoms with Gasteiger partial charge in [-0.25, -0.2) is 4.39 Å². The van der Waals surface area contributed by atoms with Gasteiger partial charge in [0.05, 0.1) is 0 Å². The van der Waals surface area contributed by atoms with E-state index in [1.54, 1.807) is 6.07 Å². The van der Waals surface area contributed by atoms with E-state index >= 15 is 0 Å². The van der Waals surface area contributed by atoms with Crippen molar-refractivity contribution in [3.8, 4) is 0 Å². The van der Waals surface area contributed by atoms with Gasteiger partial charge in [0, 0.05) is 40.1 Å². The fraction of sp³-hybridized carbons (Fsp3) is 0.533. The van der Waals surface area contributed by atoms with Crippen LogP contribution in [0.3, 0.4) is 0 Å². The molecule has 1 saturated carbocycles. The van der Waals surface area contributed by atoms with E-state index in [2.05, 4.69) is 5.32 Å². The predicted octanol–water partition coefficient (Wildman–Crippen LogP) is 1.91. The average molecular weight is 341 g/mol. The number of rotatable bonds is 5. The lowest BCUT2D eigenvalue weighted by Crippen LogP contribution is -2.39. The van der Waals surface area contributed by atoms with Crippen molar-refractivity contribution in [3.05, 3.63) is 22.2 Å². The average Bonchev–Trinajstić information content (AvgIpc) is 3.26. The molecule has 0 amide bonds. The van der Waals surface area contributed by atoms with Crippen LogP contribution >= 0.6 is 11.6 Å². The van der Waals surface area contributed by atoms with Gasteiger partial charge in [-0.3, -0.25) is 0 Å². The van der Waals surface area contributed by atoms with Gasteiger partial charge < -0.3 is 25.5 Å². The molecule has 1 unspecified atom stereocenters. The summed E-state index contributed by atoms with van der Waals surface area (Å²) in [5.41, 5.74) is -0.896. The maximum atomic E-state index is 14.6. The highest BCUT2D eigenvalue weighted by Gasteiger charge is 2.49. The molecule has 1 heterocycles. The molecular weight excluding hydrogens is 321 g/mol. The second-order valence-electron chi connectivity index (χ2n) is 6.09. The lowest BCUT2D eigenvalue weighted by molar-refractivity contribution is 0.0343. The van der Waals surface area contributed by atoms with E-state index in [1.165, 1.54) is 0 Å². The van der Waals surface area contributed by atoms with Crippen LogP contribution in [0.25, 0.3) is 0 Å². The highest BCUT2D eigenvalue weighted by Crippen LogP contribution is 2.51. The van der Waals surface area contributed by atoms with E-state index < -0.39 is 12.8 Å². The van der Waals surface area contributed by atoms with Gasteiger partial charge in [0.1, 0.15) is 11.9 Å². The van der Waals surface area contributed by atoms with Gasteiger partial charge >= 0.3 is 7.12 Å². The largest absolute Gasteiger partial charge is 0.489 e. The van der Waals surface area contributed by atoms with Gasteiger partial charge in [0.15, 0.2) is 0 Å². The topological polar surface area (TPSA) is 85.6 Å². The number of nitrogens with one attached hydrogen (secondary N) is 2. The molecule has 0 bridgehead atoms. The number of halogens is 2. The van der Waals surface area contributed by atoms with Crippen LogP contribution in [0.4, 0.5) is 10.1 Å². The lowest BCUT2D eigenvalue weighted by Gasteiger charge is -2.27. The zero-order chi connectivity index (χ0) is 16.6. The van der Waals surface area contributed by atoms with Gasteiger partial charge in [0.25, 0.3) is 0 Å². The minimum absolute atomic E-state index is 0.0363. The van der Waals surface area contributed by atoms with Gasteiger partial charge in [-0.05, 0) is 38.2 Å². The first-order chi connectivity index (χ1) is 11.0. The van der Waals surface area contributed by atoms with Gasteiger partial charge in [0.2, 0.25) is 0 Å². The number of hydrogen-bond donors (Lipinski definition) is 4. The summed E-state index contributed by atoms with van der Waals surface area (Å²) in [6.45, 7) is 0.645. The van der Waals surface area contributed by atoms with E-state index in [1.807, 2.05) is 0 Å². The highest BCUT2D eigenvalue weighted by atomic mass is 35.5. The molecule has 4 N–H and O–H groups in total. The molecule has 2 fully saturated rings. The Morgan fingerprint density at radius 1 is 1.43 bits per heavy atom. The number of hydrogen-bond acceptors (Lipinski definition) is 5. The number of benzene rings is 1. The number of alkyl halides is 1. The lowest BCUT2D eigenvalue weighted by atomic mass is 9.72. The summed E-state index contributed by atoms with van der Waals surface area (Å²) >= 11 is 6.23. The maximum absolute atomic E-state index is 14.6. The predicted molar refractivity (Wildman–Crippen MR) is 88.4 cm³/mol. The van der Waals surface area contributed by atoms with E-state index in [9.17, 15) is 14.4 Å². The summed E-state index contributed by atoms with van der Waals surface area (Å²) in [7, 11) is -1.90. The molecule has 1 atom stereocenters. The summed E-state index contributed by atoms with van der Waals surface area (Å²) in [5, 5.41) is 30.4. The quantitative estimate of drug-likeness (QED) is 0.487. The Labute approximate surface area is 139 Å². The molecule has 1 aromatic rings. The molecule has 1 saturated heterocycles. The fourth-order valence-electron chi connectivity index (χ4n) is 3.07. The van der Waals surface area contributed by atoms with Crippen LogP contribution in [0, 0.1) is 5.41 Å². The van der Waals surface area contributed by atoms with Crippen molar-refractivity contribution < 1.29 is 19.2 Å². The first-order valence-corrected chi connectivity index (χ1v) is 8.14. The molecule has 0 radical (unpaired) electrons. The van der Waals surface area contributed by atoms with Gasteiger partial charge in [-0.15, -0.1) is 0 Å². The van der Waals surface area contributed by atoms with Crippen molar-refractivity contribution in [1.82, 2.24) is 0 Å². The standard InChI is InChI=1S/C15H19BClFN2O3/c17-10-7-11(20-12-3-1-2-6-23-12)9(8-19)14(16(21)22)13(10)15(18)4-5-15/h7-8,12,19-22H,1-6H2. The van der Waals surface area contributed by atoms with Crippen LogP contribution < -0.4 is 10.8 Å². The molecule has 0 spiro atoms. The van der Waals surface area contributed by atoms with Crippen LogP contribution in [-0.2, 0) is 10.4 Å². The molecule has 1 aliphatic heterocycles. The maximum Gasteiger partial charge on any atom is 0.489 e. The minimum atomic E-state index is -1.90. The third-order valence-electron chi connectivity index (χ3n) is 4.40. The summed E-state index contributed by atoms with van der Waals surface area (Å²) in [5.74, 6) is 0. The second kappa shape index (κ2) is 6.40. The molecule has 0 aromatic heterocycles. The normalized spacial score (nSPS) is 22.5. The Morgan fingerprint density at radius 2 is 2.17 bits per heavy atom. The van der Waals surface area contributed by atoms with Crippen molar-refractivity contribution in [3.63, 3.8) is 0 Å². The molecule has 1 aliphatic carbocycles. The summed E-state index contributed by atoms with van der Waals surface area (Å²) < 4.78 is 20.2. The smallest absolute Gasteiger partial charge is 0.423 e. The summed E-state index contributed by atoms with van der Waals surface area (Å²) in [6.07, 6.45) is 4.18. The van der Waals surface area contributed by atoms with Crippen LogP contribution in [-0.4, -0.2) is 36.2 Å². The summed E-state index contributed by atoms with van der Waals surface area (Å²) in [4.78, 5) is 0. The molecule has 8 heteroatoms. The molecule has 23 heavy (non-hydrogen) atoms.